The third kappa shape index (κ3) is 3.61. The van der Waals surface area contributed by atoms with Crippen LogP contribution in [0.1, 0.15) is 39.7 Å². The highest BCUT2D eigenvalue weighted by molar-refractivity contribution is 5.85. The molecule has 1 aliphatic carbocycles. The quantitative estimate of drug-likeness (QED) is 0.756. The van der Waals surface area contributed by atoms with Crippen molar-refractivity contribution in [3.63, 3.8) is 0 Å². The molecule has 0 saturated heterocycles. The van der Waals surface area contributed by atoms with E-state index >= 15 is 0 Å². The van der Waals surface area contributed by atoms with E-state index in [0.29, 0.717) is 11.8 Å². The Kier molecular flexibility index (Phi) is 7.53. The van der Waals surface area contributed by atoms with Crippen LogP contribution in [0.5, 0.6) is 0 Å². The maximum absolute atomic E-state index is 6.38. The highest BCUT2D eigenvalue weighted by Crippen LogP contribution is 2.49. The summed E-state index contributed by atoms with van der Waals surface area (Å²) in [5, 5.41) is 0. The second kappa shape index (κ2) is 7.94. The van der Waals surface area contributed by atoms with Crippen molar-refractivity contribution in [3.05, 3.63) is 47.7 Å². The third-order valence-electron chi connectivity index (χ3n) is 4.83. The number of hydrogen-bond donors (Lipinski definition) is 2. The fraction of sp³-hybridized carbons (Fsp3) is 0.444. The Morgan fingerprint density at radius 3 is 1.82 bits per heavy atom. The second-order valence-electron chi connectivity index (χ2n) is 6.46. The Labute approximate surface area is 146 Å². The summed E-state index contributed by atoms with van der Waals surface area (Å²) in [7, 11) is 0. The molecule has 22 heavy (non-hydrogen) atoms. The average Bonchev–Trinajstić information content (AvgIpc) is 2.39. The number of nitrogens with two attached hydrogens (primary N) is 2. The summed E-state index contributed by atoms with van der Waals surface area (Å²) in [5.74, 6) is 1.02. The molecule has 0 amide bonds. The van der Waals surface area contributed by atoms with Crippen LogP contribution in [0.15, 0.2) is 42.1 Å². The van der Waals surface area contributed by atoms with Crippen LogP contribution >= 0.6 is 24.8 Å². The summed E-state index contributed by atoms with van der Waals surface area (Å²) < 4.78 is 0. The van der Waals surface area contributed by atoms with Crippen LogP contribution < -0.4 is 11.5 Å². The van der Waals surface area contributed by atoms with Gasteiger partial charge in [0.15, 0.2) is 0 Å². The van der Waals surface area contributed by atoms with Gasteiger partial charge in [0, 0.05) is 16.8 Å². The van der Waals surface area contributed by atoms with Gasteiger partial charge in [0.2, 0.25) is 0 Å². The fourth-order valence-corrected chi connectivity index (χ4v) is 3.46. The molecule has 124 valence electrons. The van der Waals surface area contributed by atoms with E-state index in [0.717, 1.165) is 17.8 Å². The van der Waals surface area contributed by atoms with Crippen molar-refractivity contribution in [1.29, 1.82) is 0 Å². The number of rotatable bonds is 3. The minimum atomic E-state index is 0. The molecule has 0 unspecified atom stereocenters. The van der Waals surface area contributed by atoms with E-state index in [9.17, 15) is 0 Å². The predicted molar refractivity (Wildman–Crippen MR) is 102 cm³/mol. The van der Waals surface area contributed by atoms with Gasteiger partial charge in [-0.05, 0) is 47.6 Å². The lowest BCUT2D eigenvalue weighted by atomic mass is 9.61. The monoisotopic (exact) mass is 342 g/mol. The summed E-state index contributed by atoms with van der Waals surface area (Å²) in [6.45, 7) is 9.08. The lowest BCUT2D eigenvalue weighted by Gasteiger charge is -2.44. The minimum Gasteiger partial charge on any atom is -0.402 e. The average molecular weight is 343 g/mol. The van der Waals surface area contributed by atoms with E-state index in [-0.39, 0.29) is 30.2 Å². The smallest absolute Gasteiger partial charge is 0.0314 e. The topological polar surface area (TPSA) is 52.0 Å². The third-order valence-corrected chi connectivity index (χ3v) is 4.83. The zero-order valence-electron chi connectivity index (χ0n) is 13.8. The van der Waals surface area contributed by atoms with Crippen LogP contribution in [0.2, 0.25) is 0 Å². The molecule has 1 aliphatic rings. The Bertz CT molecular complexity index is 535. The highest BCUT2D eigenvalue weighted by atomic mass is 35.5. The van der Waals surface area contributed by atoms with Crippen LogP contribution in [-0.2, 0) is 0 Å². The number of hydrogen-bond acceptors (Lipinski definition) is 2. The summed E-state index contributed by atoms with van der Waals surface area (Å²) >= 11 is 0. The number of allylic oxidation sites excluding steroid dienone is 4. The molecular weight excluding hydrogens is 315 g/mol. The van der Waals surface area contributed by atoms with Crippen LogP contribution in [0, 0.1) is 17.3 Å². The molecule has 0 heterocycles. The predicted octanol–water partition coefficient (Wildman–Crippen LogP) is 5.04. The first-order valence-electron chi connectivity index (χ1n) is 7.40. The van der Waals surface area contributed by atoms with Gasteiger partial charge >= 0.3 is 0 Å². The van der Waals surface area contributed by atoms with E-state index in [2.05, 4.69) is 52.0 Å². The van der Waals surface area contributed by atoms with Gasteiger partial charge in [-0.1, -0.05) is 45.9 Å². The van der Waals surface area contributed by atoms with Crippen LogP contribution in [0.4, 0.5) is 5.69 Å². The van der Waals surface area contributed by atoms with E-state index in [1.54, 1.807) is 0 Å². The van der Waals surface area contributed by atoms with Gasteiger partial charge in [-0.2, -0.15) is 0 Å². The Morgan fingerprint density at radius 2 is 1.36 bits per heavy atom. The maximum atomic E-state index is 6.38. The van der Waals surface area contributed by atoms with E-state index in [1.807, 2.05) is 12.1 Å². The second-order valence-corrected chi connectivity index (χ2v) is 6.46. The Hall–Kier alpha value is -1.12. The SMILES string of the molecule is CC(C)C1(C(C)C)CC(c2ccc(N)cc2)=CC=C1N.Cl.Cl. The molecule has 0 aliphatic heterocycles. The van der Waals surface area contributed by atoms with Gasteiger partial charge < -0.3 is 11.5 Å². The summed E-state index contributed by atoms with van der Waals surface area (Å²) in [6, 6.07) is 8.12. The van der Waals surface area contributed by atoms with Crippen LogP contribution in [0.3, 0.4) is 0 Å². The van der Waals surface area contributed by atoms with Crippen molar-refractivity contribution in [2.45, 2.75) is 34.1 Å². The van der Waals surface area contributed by atoms with E-state index < -0.39 is 0 Å². The zero-order valence-corrected chi connectivity index (χ0v) is 15.4. The first-order chi connectivity index (χ1) is 9.37. The van der Waals surface area contributed by atoms with Crippen molar-refractivity contribution in [1.82, 2.24) is 0 Å². The summed E-state index contributed by atoms with van der Waals surface area (Å²) in [4.78, 5) is 0. The van der Waals surface area contributed by atoms with E-state index in [1.165, 1.54) is 11.1 Å². The number of halogens is 2. The van der Waals surface area contributed by atoms with Crippen molar-refractivity contribution >= 4 is 36.1 Å². The zero-order chi connectivity index (χ0) is 14.9. The van der Waals surface area contributed by atoms with Crippen molar-refractivity contribution in [3.8, 4) is 0 Å². The van der Waals surface area contributed by atoms with Crippen molar-refractivity contribution in [2.75, 3.05) is 5.73 Å². The fourth-order valence-electron chi connectivity index (χ4n) is 3.46. The first kappa shape index (κ1) is 20.9. The molecule has 0 saturated carbocycles. The molecule has 1 aromatic rings. The van der Waals surface area contributed by atoms with Gasteiger partial charge in [0.1, 0.15) is 0 Å². The first-order valence-corrected chi connectivity index (χ1v) is 7.40. The normalized spacial score (nSPS) is 16.5. The molecular formula is C18H28Cl2N2. The molecule has 0 bridgehead atoms. The molecule has 0 radical (unpaired) electrons. The highest BCUT2D eigenvalue weighted by Gasteiger charge is 2.41. The van der Waals surface area contributed by atoms with Gasteiger partial charge in [-0.15, -0.1) is 24.8 Å². The maximum Gasteiger partial charge on any atom is 0.0314 e. The summed E-state index contributed by atoms with van der Waals surface area (Å²) in [5.41, 5.74) is 16.6. The van der Waals surface area contributed by atoms with Gasteiger partial charge in [0.25, 0.3) is 0 Å². The molecule has 0 aromatic heterocycles. The Balaban J connectivity index is 0.00000220. The molecule has 4 heteroatoms. The standard InChI is InChI=1S/C18H26N2.2ClH/c1-12(2)18(13(3)4)11-15(7-10-17(18)20)14-5-8-16(19)9-6-14;;/h5-10,12-13H,11,19-20H2,1-4H3;2*1H. The minimum absolute atomic E-state index is 0. The molecule has 0 spiro atoms. The Morgan fingerprint density at radius 1 is 0.864 bits per heavy atom. The van der Waals surface area contributed by atoms with E-state index in [4.69, 9.17) is 11.5 Å². The molecule has 1 aromatic carbocycles. The number of nitrogen functional groups attached to an aromatic ring is 1. The van der Waals surface area contributed by atoms with Crippen LogP contribution in [-0.4, -0.2) is 0 Å². The molecule has 0 atom stereocenters. The van der Waals surface area contributed by atoms with Crippen molar-refractivity contribution < 1.29 is 0 Å². The van der Waals surface area contributed by atoms with Gasteiger partial charge in [-0.25, -0.2) is 0 Å². The largest absolute Gasteiger partial charge is 0.402 e. The van der Waals surface area contributed by atoms with Crippen LogP contribution in [0.25, 0.3) is 5.57 Å². The number of benzene rings is 1. The summed E-state index contributed by atoms with van der Waals surface area (Å²) in [6.07, 6.45) is 5.24. The molecule has 2 nitrogen and oxygen atoms in total. The van der Waals surface area contributed by atoms with Gasteiger partial charge in [0.05, 0.1) is 0 Å². The molecule has 0 fully saturated rings. The molecule has 2 rings (SSSR count). The number of anilines is 1. The lowest BCUT2D eigenvalue weighted by molar-refractivity contribution is 0.164. The van der Waals surface area contributed by atoms with Crippen molar-refractivity contribution in [2.24, 2.45) is 23.0 Å². The molecule has 4 N–H and O–H groups in total. The van der Waals surface area contributed by atoms with Gasteiger partial charge in [-0.3, -0.25) is 0 Å². The lowest BCUT2D eigenvalue weighted by Crippen LogP contribution is -2.40.